The summed E-state index contributed by atoms with van der Waals surface area (Å²) in [4.78, 5) is 2.44. The largest absolute Gasteiger partial charge is 0.378 e. The molecule has 0 radical (unpaired) electrons. The molecule has 0 bridgehead atoms. The predicted octanol–water partition coefficient (Wildman–Crippen LogP) is 2.79. The summed E-state index contributed by atoms with van der Waals surface area (Å²) in [6, 6.07) is 6.42. The Morgan fingerprint density at radius 2 is 2.10 bits per heavy atom. The zero-order chi connectivity index (χ0) is 13.9. The number of aryl methyl sites for hydroxylation is 1. The third-order valence-corrected chi connectivity index (χ3v) is 4.17. The summed E-state index contributed by atoms with van der Waals surface area (Å²) in [5.74, 6) is 0. The van der Waals surface area contributed by atoms with E-state index in [2.05, 4.69) is 54.7 Å². The third-order valence-electron chi connectivity index (χ3n) is 3.67. The number of anilines is 2. The van der Waals surface area contributed by atoms with Gasteiger partial charge >= 0.3 is 0 Å². The average molecular weight is 336 g/mol. The summed E-state index contributed by atoms with van der Waals surface area (Å²) in [6.45, 7) is 3.01. The van der Waals surface area contributed by atoms with Crippen molar-refractivity contribution in [1.82, 2.24) is 15.0 Å². The summed E-state index contributed by atoms with van der Waals surface area (Å²) in [6.07, 6.45) is 4.35. The smallest absolute Gasteiger partial charge is 0.0774 e. The molecule has 0 amide bonds. The van der Waals surface area contributed by atoms with Crippen LogP contribution >= 0.6 is 15.9 Å². The Morgan fingerprint density at radius 1 is 1.30 bits per heavy atom. The van der Waals surface area contributed by atoms with Gasteiger partial charge in [-0.3, -0.25) is 4.68 Å². The summed E-state index contributed by atoms with van der Waals surface area (Å²) in [5, 5.41) is 11.4. The average Bonchev–Trinajstić information content (AvgIpc) is 3.08. The second-order valence-corrected chi connectivity index (χ2v) is 5.97. The van der Waals surface area contributed by atoms with E-state index in [-0.39, 0.29) is 0 Å². The van der Waals surface area contributed by atoms with Crippen LogP contribution in [-0.2, 0) is 13.6 Å². The van der Waals surface area contributed by atoms with Crippen molar-refractivity contribution in [2.24, 2.45) is 7.05 Å². The van der Waals surface area contributed by atoms with E-state index in [1.54, 1.807) is 10.9 Å². The Morgan fingerprint density at radius 3 is 2.80 bits per heavy atom. The van der Waals surface area contributed by atoms with Crippen LogP contribution in [0.2, 0.25) is 0 Å². The van der Waals surface area contributed by atoms with E-state index < -0.39 is 0 Å². The summed E-state index contributed by atoms with van der Waals surface area (Å²) in [5.41, 5.74) is 3.50. The monoisotopic (exact) mass is 335 g/mol. The van der Waals surface area contributed by atoms with E-state index in [1.165, 1.54) is 18.5 Å². The van der Waals surface area contributed by atoms with Gasteiger partial charge < -0.3 is 10.2 Å². The van der Waals surface area contributed by atoms with E-state index in [0.717, 1.165) is 35.5 Å². The van der Waals surface area contributed by atoms with Crippen LogP contribution in [0.4, 0.5) is 11.4 Å². The van der Waals surface area contributed by atoms with Crippen LogP contribution in [0.15, 0.2) is 28.9 Å². The van der Waals surface area contributed by atoms with Crippen molar-refractivity contribution in [3.8, 4) is 0 Å². The van der Waals surface area contributed by atoms with Gasteiger partial charge in [0.05, 0.1) is 29.8 Å². The maximum Gasteiger partial charge on any atom is 0.0774 e. The van der Waals surface area contributed by atoms with Crippen LogP contribution < -0.4 is 10.2 Å². The van der Waals surface area contributed by atoms with Gasteiger partial charge in [0.1, 0.15) is 0 Å². The van der Waals surface area contributed by atoms with E-state index in [1.807, 2.05) is 7.05 Å². The highest BCUT2D eigenvalue weighted by Crippen LogP contribution is 2.31. The first-order chi connectivity index (χ1) is 9.74. The standard InChI is InChI=1S/C14H18BrN5/c1-19-12(10-17-18-19)9-16-13-8-11(15)4-5-14(13)20-6-2-3-7-20/h4-5,8,10,16H,2-3,6-7,9H2,1H3. The molecule has 0 aliphatic carbocycles. The number of nitrogens with zero attached hydrogens (tertiary/aromatic N) is 4. The molecule has 1 aliphatic rings. The molecule has 1 N–H and O–H groups in total. The molecule has 0 saturated carbocycles. The lowest BCUT2D eigenvalue weighted by molar-refractivity contribution is 0.683. The lowest BCUT2D eigenvalue weighted by Crippen LogP contribution is -2.19. The second kappa shape index (κ2) is 5.83. The molecule has 1 saturated heterocycles. The third kappa shape index (κ3) is 2.80. The molecule has 106 valence electrons. The summed E-state index contributed by atoms with van der Waals surface area (Å²) < 4.78 is 2.88. The van der Waals surface area contributed by atoms with Gasteiger partial charge in [0.15, 0.2) is 0 Å². The predicted molar refractivity (Wildman–Crippen MR) is 83.9 cm³/mol. The maximum atomic E-state index is 3.95. The highest BCUT2D eigenvalue weighted by molar-refractivity contribution is 9.10. The van der Waals surface area contributed by atoms with Crippen molar-refractivity contribution in [3.63, 3.8) is 0 Å². The molecule has 2 heterocycles. The number of rotatable bonds is 4. The van der Waals surface area contributed by atoms with Crippen molar-refractivity contribution in [3.05, 3.63) is 34.6 Å². The van der Waals surface area contributed by atoms with Crippen LogP contribution in [0.5, 0.6) is 0 Å². The number of hydrogen-bond acceptors (Lipinski definition) is 4. The molecule has 1 aliphatic heterocycles. The first-order valence-corrected chi connectivity index (χ1v) is 7.65. The minimum atomic E-state index is 0.723. The quantitative estimate of drug-likeness (QED) is 0.933. The molecule has 3 rings (SSSR count). The zero-order valence-electron chi connectivity index (χ0n) is 11.5. The Kier molecular flexibility index (Phi) is 3.91. The van der Waals surface area contributed by atoms with Gasteiger partial charge in [-0.25, -0.2) is 0 Å². The number of aromatic nitrogens is 3. The number of halogens is 1. The Balaban J connectivity index is 1.80. The molecular weight excluding hydrogens is 318 g/mol. The molecule has 1 fully saturated rings. The Labute approximate surface area is 127 Å². The number of hydrogen-bond donors (Lipinski definition) is 1. The van der Waals surface area contributed by atoms with Crippen LogP contribution in [0.1, 0.15) is 18.5 Å². The van der Waals surface area contributed by atoms with Crippen molar-refractivity contribution in [1.29, 1.82) is 0 Å². The van der Waals surface area contributed by atoms with E-state index >= 15 is 0 Å². The maximum absolute atomic E-state index is 3.95. The molecule has 20 heavy (non-hydrogen) atoms. The molecular formula is C14H18BrN5. The molecule has 1 aromatic heterocycles. The zero-order valence-corrected chi connectivity index (χ0v) is 13.1. The minimum absolute atomic E-state index is 0.723. The molecule has 6 heteroatoms. The topological polar surface area (TPSA) is 46.0 Å². The molecule has 0 spiro atoms. The first kappa shape index (κ1) is 13.4. The first-order valence-electron chi connectivity index (χ1n) is 6.86. The second-order valence-electron chi connectivity index (χ2n) is 5.06. The summed E-state index contributed by atoms with van der Waals surface area (Å²) in [7, 11) is 1.91. The highest BCUT2D eigenvalue weighted by atomic mass is 79.9. The van der Waals surface area contributed by atoms with Crippen molar-refractivity contribution >= 4 is 27.3 Å². The fourth-order valence-electron chi connectivity index (χ4n) is 2.54. The molecule has 2 aromatic rings. The van der Waals surface area contributed by atoms with Gasteiger partial charge in [0.2, 0.25) is 0 Å². The molecule has 5 nitrogen and oxygen atoms in total. The SMILES string of the molecule is Cn1nncc1CNc1cc(Br)ccc1N1CCCC1. The number of nitrogens with one attached hydrogen (secondary N) is 1. The Hall–Kier alpha value is -1.56. The Bertz CT molecular complexity index is 589. The lowest BCUT2D eigenvalue weighted by atomic mass is 10.2. The summed E-state index contributed by atoms with van der Waals surface area (Å²) >= 11 is 3.55. The molecule has 0 atom stereocenters. The van der Waals surface area contributed by atoms with Gasteiger partial charge in [-0.1, -0.05) is 21.1 Å². The molecule has 1 aromatic carbocycles. The van der Waals surface area contributed by atoms with Crippen molar-refractivity contribution < 1.29 is 0 Å². The van der Waals surface area contributed by atoms with Gasteiger partial charge in [-0.05, 0) is 31.0 Å². The van der Waals surface area contributed by atoms with Gasteiger partial charge in [-0.15, -0.1) is 5.10 Å². The minimum Gasteiger partial charge on any atom is -0.378 e. The van der Waals surface area contributed by atoms with Gasteiger partial charge in [0, 0.05) is 24.6 Å². The van der Waals surface area contributed by atoms with Gasteiger partial charge in [-0.2, -0.15) is 0 Å². The van der Waals surface area contributed by atoms with Gasteiger partial charge in [0.25, 0.3) is 0 Å². The van der Waals surface area contributed by atoms with E-state index in [9.17, 15) is 0 Å². The lowest BCUT2D eigenvalue weighted by Gasteiger charge is -2.22. The highest BCUT2D eigenvalue weighted by Gasteiger charge is 2.16. The molecule has 0 unspecified atom stereocenters. The van der Waals surface area contributed by atoms with Crippen LogP contribution in [0.25, 0.3) is 0 Å². The van der Waals surface area contributed by atoms with E-state index in [0.29, 0.717) is 0 Å². The van der Waals surface area contributed by atoms with Crippen molar-refractivity contribution in [2.75, 3.05) is 23.3 Å². The number of benzene rings is 1. The normalized spacial score (nSPS) is 14.8. The van der Waals surface area contributed by atoms with Crippen LogP contribution in [0.3, 0.4) is 0 Å². The fourth-order valence-corrected chi connectivity index (χ4v) is 2.90. The van der Waals surface area contributed by atoms with Crippen molar-refractivity contribution in [2.45, 2.75) is 19.4 Å². The van der Waals surface area contributed by atoms with E-state index in [4.69, 9.17) is 0 Å². The fraction of sp³-hybridized carbons (Fsp3) is 0.429. The van der Waals surface area contributed by atoms with Crippen LogP contribution in [0, 0.1) is 0 Å². The van der Waals surface area contributed by atoms with Crippen LogP contribution in [-0.4, -0.2) is 28.1 Å².